The smallest absolute Gasteiger partial charge is 0.334 e. The second kappa shape index (κ2) is 8.77. The molecule has 2 atom stereocenters. The molecule has 9 heteroatoms. The third kappa shape index (κ3) is 5.02. The number of benzene rings is 2. The van der Waals surface area contributed by atoms with Gasteiger partial charge >= 0.3 is 5.97 Å². The summed E-state index contributed by atoms with van der Waals surface area (Å²) in [6.07, 6.45) is -1.66. The van der Waals surface area contributed by atoms with Crippen molar-refractivity contribution in [2.75, 3.05) is 12.4 Å². The van der Waals surface area contributed by atoms with Crippen LogP contribution >= 0.6 is 0 Å². The van der Waals surface area contributed by atoms with Gasteiger partial charge in [-0.05, 0) is 24.1 Å². The van der Waals surface area contributed by atoms with Gasteiger partial charge < -0.3 is 20.8 Å². The van der Waals surface area contributed by atoms with Gasteiger partial charge in [-0.15, -0.1) is 0 Å². The Hall–Kier alpha value is -3.46. The summed E-state index contributed by atoms with van der Waals surface area (Å²) in [4.78, 5) is 33.6. The molecule has 0 fully saturated rings. The van der Waals surface area contributed by atoms with Crippen molar-refractivity contribution in [2.24, 2.45) is 0 Å². The summed E-state index contributed by atoms with van der Waals surface area (Å²) >= 11 is 0. The molecule has 0 saturated carbocycles. The van der Waals surface area contributed by atoms with Crippen LogP contribution in [0.15, 0.2) is 48.5 Å². The van der Waals surface area contributed by atoms with Crippen LogP contribution in [0.3, 0.4) is 0 Å². The van der Waals surface area contributed by atoms with E-state index in [0.717, 1.165) is 11.6 Å². The number of nitro groups is 1. The number of carbonyl (C=O) groups is 2. The molecule has 1 amide bonds. The molecule has 0 aromatic heterocycles. The van der Waals surface area contributed by atoms with Crippen molar-refractivity contribution >= 4 is 23.3 Å². The average molecular weight is 373 g/mol. The van der Waals surface area contributed by atoms with Gasteiger partial charge in [0.15, 0.2) is 6.10 Å². The van der Waals surface area contributed by atoms with Crippen LogP contribution in [0.4, 0.5) is 11.4 Å². The number of anilines is 1. The molecule has 142 valence electrons. The minimum Gasteiger partial charge on any atom is -0.479 e. The van der Waals surface area contributed by atoms with E-state index in [1.807, 2.05) is 0 Å². The number of rotatable bonds is 8. The first-order valence-corrected chi connectivity index (χ1v) is 8.05. The van der Waals surface area contributed by atoms with Crippen LogP contribution in [0, 0.1) is 10.1 Å². The van der Waals surface area contributed by atoms with E-state index in [-0.39, 0.29) is 17.7 Å². The first-order valence-electron chi connectivity index (χ1n) is 8.05. The van der Waals surface area contributed by atoms with E-state index >= 15 is 0 Å². The van der Waals surface area contributed by atoms with Gasteiger partial charge in [0.25, 0.3) is 11.6 Å². The normalized spacial score (nSPS) is 12.7. The highest BCUT2D eigenvalue weighted by Gasteiger charge is 2.28. The van der Waals surface area contributed by atoms with Crippen molar-refractivity contribution in [1.29, 1.82) is 0 Å². The number of nitro benzene ring substituents is 1. The predicted octanol–water partition coefficient (Wildman–Crippen LogP) is 1.42. The Morgan fingerprint density at radius 1 is 1.19 bits per heavy atom. The standard InChI is InChI=1S/C18H19N3O6/c1-19-17(23)12-7-8-13(15(10-12)21(26)27)20-14(16(22)18(24)25)9-11-5-3-2-4-6-11/h2-8,10,14,16,20,22H,9H2,1H3,(H,19,23)(H,24,25). The quantitative estimate of drug-likeness (QED) is 0.405. The number of nitrogens with one attached hydrogen (secondary N) is 2. The number of hydrogen-bond donors (Lipinski definition) is 4. The summed E-state index contributed by atoms with van der Waals surface area (Å²) in [5.74, 6) is -1.94. The molecule has 4 N–H and O–H groups in total. The van der Waals surface area contributed by atoms with Gasteiger partial charge in [-0.25, -0.2) is 4.79 Å². The predicted molar refractivity (Wildman–Crippen MR) is 97.7 cm³/mol. The zero-order valence-corrected chi connectivity index (χ0v) is 14.5. The lowest BCUT2D eigenvalue weighted by Crippen LogP contribution is -2.41. The van der Waals surface area contributed by atoms with Crippen LogP contribution in [0.1, 0.15) is 15.9 Å². The largest absolute Gasteiger partial charge is 0.479 e. The molecular weight excluding hydrogens is 354 g/mol. The molecule has 2 aromatic rings. The van der Waals surface area contributed by atoms with Crippen molar-refractivity contribution in [3.8, 4) is 0 Å². The summed E-state index contributed by atoms with van der Waals surface area (Å²) in [5, 5.41) is 35.7. The van der Waals surface area contributed by atoms with E-state index in [9.17, 15) is 24.8 Å². The molecule has 2 unspecified atom stereocenters. The maximum absolute atomic E-state index is 11.7. The second-order valence-electron chi connectivity index (χ2n) is 5.79. The third-order valence-electron chi connectivity index (χ3n) is 3.96. The van der Waals surface area contributed by atoms with Crippen molar-refractivity contribution in [1.82, 2.24) is 5.32 Å². The lowest BCUT2D eigenvalue weighted by Gasteiger charge is -2.23. The summed E-state index contributed by atoms with van der Waals surface area (Å²) in [6.45, 7) is 0. The van der Waals surface area contributed by atoms with E-state index in [4.69, 9.17) is 5.11 Å². The second-order valence-corrected chi connectivity index (χ2v) is 5.79. The zero-order chi connectivity index (χ0) is 20.0. The summed E-state index contributed by atoms with van der Waals surface area (Å²) in [6, 6.07) is 11.6. The molecule has 0 saturated heterocycles. The van der Waals surface area contributed by atoms with Crippen LogP contribution in [0.5, 0.6) is 0 Å². The molecule has 0 spiro atoms. The van der Waals surface area contributed by atoms with E-state index in [0.29, 0.717) is 0 Å². The van der Waals surface area contributed by atoms with E-state index in [1.165, 1.54) is 19.2 Å². The lowest BCUT2D eigenvalue weighted by atomic mass is 10.0. The molecule has 0 bridgehead atoms. The first kappa shape index (κ1) is 19.9. The molecule has 0 aliphatic rings. The van der Waals surface area contributed by atoms with Gasteiger partial charge in [-0.1, -0.05) is 30.3 Å². The summed E-state index contributed by atoms with van der Waals surface area (Å²) < 4.78 is 0. The Bertz CT molecular complexity index is 840. The molecule has 9 nitrogen and oxygen atoms in total. The van der Waals surface area contributed by atoms with Gasteiger partial charge in [0.2, 0.25) is 0 Å². The lowest BCUT2D eigenvalue weighted by molar-refractivity contribution is -0.384. The van der Waals surface area contributed by atoms with Crippen molar-refractivity contribution in [3.63, 3.8) is 0 Å². The van der Waals surface area contributed by atoms with Crippen LogP contribution in [0.25, 0.3) is 0 Å². The minimum absolute atomic E-state index is 0.00823. The molecule has 0 radical (unpaired) electrons. The number of carboxylic acid groups (broad SMARTS) is 1. The fraction of sp³-hybridized carbons (Fsp3) is 0.222. The fourth-order valence-corrected chi connectivity index (χ4v) is 2.57. The van der Waals surface area contributed by atoms with Crippen LogP contribution in [-0.2, 0) is 11.2 Å². The zero-order valence-electron chi connectivity index (χ0n) is 14.5. The molecule has 2 rings (SSSR count). The summed E-state index contributed by atoms with van der Waals surface area (Å²) in [7, 11) is 1.40. The number of carbonyl (C=O) groups excluding carboxylic acids is 1. The Kier molecular flexibility index (Phi) is 6.45. The molecule has 0 aliphatic carbocycles. The molecule has 0 aliphatic heterocycles. The number of aliphatic hydroxyl groups excluding tert-OH is 1. The van der Waals surface area contributed by atoms with Gasteiger partial charge in [-0.2, -0.15) is 0 Å². The van der Waals surface area contributed by atoms with Gasteiger partial charge in [0.05, 0.1) is 11.0 Å². The van der Waals surface area contributed by atoms with Crippen molar-refractivity contribution in [2.45, 2.75) is 18.6 Å². The highest BCUT2D eigenvalue weighted by atomic mass is 16.6. The molecule has 0 heterocycles. The number of hydrogen-bond acceptors (Lipinski definition) is 6. The number of aliphatic hydroxyl groups is 1. The Labute approximate surface area is 154 Å². The first-order chi connectivity index (χ1) is 12.8. The van der Waals surface area contributed by atoms with Gasteiger partial charge in [0, 0.05) is 18.7 Å². The van der Waals surface area contributed by atoms with E-state index in [1.54, 1.807) is 30.3 Å². The Balaban J connectivity index is 2.36. The third-order valence-corrected chi connectivity index (χ3v) is 3.96. The van der Waals surface area contributed by atoms with Crippen LogP contribution in [-0.4, -0.2) is 46.2 Å². The number of amides is 1. The van der Waals surface area contributed by atoms with E-state index in [2.05, 4.69) is 10.6 Å². The number of aliphatic carboxylic acids is 1. The van der Waals surface area contributed by atoms with Crippen molar-refractivity contribution < 1.29 is 24.7 Å². The molecular formula is C18H19N3O6. The van der Waals surface area contributed by atoms with Gasteiger partial charge in [-0.3, -0.25) is 14.9 Å². The summed E-state index contributed by atoms with van der Waals surface area (Å²) in [5.41, 5.74) is 0.453. The monoisotopic (exact) mass is 373 g/mol. The fourth-order valence-electron chi connectivity index (χ4n) is 2.57. The molecule has 27 heavy (non-hydrogen) atoms. The average Bonchev–Trinajstić information content (AvgIpc) is 2.67. The minimum atomic E-state index is -1.79. The number of nitrogens with zero attached hydrogens (tertiary/aromatic N) is 1. The topological polar surface area (TPSA) is 142 Å². The number of carboxylic acids is 1. The van der Waals surface area contributed by atoms with Crippen LogP contribution in [0.2, 0.25) is 0 Å². The Morgan fingerprint density at radius 2 is 1.85 bits per heavy atom. The van der Waals surface area contributed by atoms with Gasteiger partial charge in [0.1, 0.15) is 5.69 Å². The highest BCUT2D eigenvalue weighted by molar-refractivity contribution is 5.95. The van der Waals surface area contributed by atoms with E-state index < -0.39 is 34.6 Å². The maximum Gasteiger partial charge on any atom is 0.334 e. The maximum atomic E-state index is 11.7. The Morgan fingerprint density at radius 3 is 2.41 bits per heavy atom. The highest BCUT2D eigenvalue weighted by Crippen LogP contribution is 2.27. The SMILES string of the molecule is CNC(=O)c1ccc(NC(Cc2ccccc2)C(O)C(=O)O)c([N+](=O)[O-])c1. The van der Waals surface area contributed by atoms with Crippen molar-refractivity contribution in [3.05, 3.63) is 69.8 Å². The molecule has 2 aromatic carbocycles. The van der Waals surface area contributed by atoms with Crippen LogP contribution < -0.4 is 10.6 Å².